The third-order valence-electron chi connectivity index (χ3n) is 4.40. The Labute approximate surface area is 191 Å². The van der Waals surface area contributed by atoms with E-state index in [0.29, 0.717) is 37.1 Å². The van der Waals surface area contributed by atoms with Gasteiger partial charge in [0, 0.05) is 15.5 Å². The van der Waals surface area contributed by atoms with Gasteiger partial charge in [-0.15, -0.1) is 33.3 Å². The van der Waals surface area contributed by atoms with Crippen LogP contribution in [0.25, 0.3) is 0 Å². The molecule has 2 aliphatic rings. The monoisotopic (exact) mass is 498 g/mol. The van der Waals surface area contributed by atoms with Crippen molar-refractivity contribution < 1.29 is 24.3 Å². The van der Waals surface area contributed by atoms with Gasteiger partial charge >= 0.3 is 5.97 Å². The molecule has 0 aromatic carbocycles. The van der Waals surface area contributed by atoms with E-state index in [-0.39, 0.29) is 18.0 Å². The Morgan fingerprint density at radius 2 is 2.26 bits per heavy atom. The number of rotatable bonds is 8. The molecule has 2 aliphatic heterocycles. The predicted molar refractivity (Wildman–Crippen MR) is 116 cm³/mol. The van der Waals surface area contributed by atoms with E-state index in [1.165, 1.54) is 51.1 Å². The lowest BCUT2D eigenvalue weighted by atomic mass is 10.0. The average molecular weight is 499 g/mol. The summed E-state index contributed by atoms with van der Waals surface area (Å²) in [4.78, 5) is 54.2. The smallest absolute Gasteiger partial charge is 0.353 e. The lowest BCUT2D eigenvalue weighted by molar-refractivity contribution is -0.150. The molecule has 3 amide bonds. The number of β-lactam (4-membered cyclic amide) rings is 1. The molecule has 2 aromatic heterocycles. The minimum atomic E-state index is -1.20. The summed E-state index contributed by atoms with van der Waals surface area (Å²) in [5.41, 5.74) is 2.08. The lowest BCUT2D eigenvalue weighted by Gasteiger charge is -2.49. The summed E-state index contributed by atoms with van der Waals surface area (Å²) in [5.74, 6) is -1.67. The SMILES string of the molecule is Cc1nc(NC=O)sc1CC(=O)N[C@@H]1C(=O)N2C(C(=O)O)=C(Sc3nncs3)CS[C@@H]12. The lowest BCUT2D eigenvalue weighted by Crippen LogP contribution is -2.70. The van der Waals surface area contributed by atoms with Gasteiger partial charge < -0.3 is 15.7 Å². The van der Waals surface area contributed by atoms with Crippen LogP contribution in [-0.2, 0) is 25.6 Å². The van der Waals surface area contributed by atoms with E-state index in [1.54, 1.807) is 12.4 Å². The Bertz CT molecular complexity index is 1080. The van der Waals surface area contributed by atoms with E-state index in [1.807, 2.05) is 0 Å². The van der Waals surface area contributed by atoms with Crippen LogP contribution >= 0.6 is 46.2 Å². The van der Waals surface area contributed by atoms with E-state index in [0.717, 1.165) is 0 Å². The molecular formula is C16H14N6O5S4. The highest BCUT2D eigenvalue weighted by Gasteiger charge is 2.54. The van der Waals surface area contributed by atoms with E-state index in [2.05, 4.69) is 25.8 Å². The molecule has 4 heterocycles. The third kappa shape index (κ3) is 4.30. The normalized spacial score (nSPS) is 20.2. The second kappa shape index (κ2) is 8.94. The summed E-state index contributed by atoms with van der Waals surface area (Å²) in [7, 11) is 0. The van der Waals surface area contributed by atoms with Crippen LogP contribution in [0.4, 0.5) is 5.13 Å². The first-order chi connectivity index (χ1) is 14.9. The van der Waals surface area contributed by atoms with Crippen LogP contribution in [0, 0.1) is 6.92 Å². The number of carboxylic acids is 1. The first-order valence-corrected chi connectivity index (χ1v) is 12.3. The van der Waals surface area contributed by atoms with Gasteiger partial charge in [-0.1, -0.05) is 23.1 Å². The minimum Gasteiger partial charge on any atom is -0.477 e. The van der Waals surface area contributed by atoms with Crippen LogP contribution in [0.3, 0.4) is 0 Å². The number of thiazole rings is 1. The van der Waals surface area contributed by atoms with Gasteiger partial charge in [0.05, 0.1) is 12.1 Å². The highest BCUT2D eigenvalue weighted by Crippen LogP contribution is 2.45. The molecule has 4 rings (SSSR count). The zero-order valence-corrected chi connectivity index (χ0v) is 19.0. The molecule has 2 aromatic rings. The minimum absolute atomic E-state index is 0.00494. The van der Waals surface area contributed by atoms with Crippen molar-refractivity contribution in [1.29, 1.82) is 0 Å². The van der Waals surface area contributed by atoms with Gasteiger partial charge in [0.15, 0.2) is 9.47 Å². The van der Waals surface area contributed by atoms with Gasteiger partial charge in [-0.25, -0.2) is 9.78 Å². The van der Waals surface area contributed by atoms with Crippen LogP contribution in [-0.4, -0.2) is 66.6 Å². The molecule has 0 aliphatic carbocycles. The number of hydrogen-bond donors (Lipinski definition) is 3. The summed E-state index contributed by atoms with van der Waals surface area (Å²) < 4.78 is 0.592. The third-order valence-corrected chi connectivity index (χ3v) is 8.81. The molecular weight excluding hydrogens is 484 g/mol. The Balaban J connectivity index is 1.44. The maximum absolute atomic E-state index is 12.7. The molecule has 0 bridgehead atoms. The van der Waals surface area contributed by atoms with Gasteiger partial charge in [0.25, 0.3) is 5.91 Å². The molecule has 0 radical (unpaired) electrons. The van der Waals surface area contributed by atoms with Crippen molar-refractivity contribution >= 4 is 75.5 Å². The van der Waals surface area contributed by atoms with Crippen molar-refractivity contribution in [1.82, 2.24) is 25.4 Å². The summed E-state index contributed by atoms with van der Waals surface area (Å²) >= 11 is 5.03. The summed E-state index contributed by atoms with van der Waals surface area (Å²) in [6, 6.07) is -0.805. The first kappa shape index (κ1) is 21.7. The van der Waals surface area contributed by atoms with Crippen LogP contribution in [0.15, 0.2) is 20.5 Å². The number of thioether (sulfide) groups is 2. The van der Waals surface area contributed by atoms with E-state index >= 15 is 0 Å². The van der Waals surface area contributed by atoms with Crippen molar-refractivity contribution in [3.05, 3.63) is 26.7 Å². The predicted octanol–water partition coefficient (Wildman–Crippen LogP) is 0.902. The van der Waals surface area contributed by atoms with E-state index in [9.17, 15) is 24.3 Å². The van der Waals surface area contributed by atoms with Crippen molar-refractivity contribution in [2.24, 2.45) is 0 Å². The van der Waals surface area contributed by atoms with Crippen LogP contribution in [0.1, 0.15) is 10.6 Å². The van der Waals surface area contributed by atoms with Crippen LogP contribution in [0.5, 0.6) is 0 Å². The quantitative estimate of drug-likeness (QED) is 0.353. The number of hydrogen-bond acceptors (Lipinski definition) is 11. The maximum Gasteiger partial charge on any atom is 0.353 e. The summed E-state index contributed by atoms with van der Waals surface area (Å²) in [5, 5.41) is 22.4. The topological polar surface area (TPSA) is 154 Å². The van der Waals surface area contributed by atoms with Crippen LogP contribution < -0.4 is 10.6 Å². The number of anilines is 1. The van der Waals surface area contributed by atoms with Crippen molar-refractivity contribution in [3.63, 3.8) is 0 Å². The maximum atomic E-state index is 12.7. The van der Waals surface area contributed by atoms with Crippen molar-refractivity contribution in [2.45, 2.75) is 29.1 Å². The number of nitrogens with zero attached hydrogens (tertiary/aromatic N) is 4. The van der Waals surface area contributed by atoms with Gasteiger partial charge in [-0.05, 0) is 6.92 Å². The number of carboxylic acid groups (broad SMARTS) is 1. The fraction of sp³-hybridized carbons (Fsp3) is 0.312. The zero-order valence-electron chi connectivity index (χ0n) is 15.7. The Morgan fingerprint density at radius 3 is 2.94 bits per heavy atom. The van der Waals surface area contributed by atoms with Crippen molar-refractivity contribution in [2.75, 3.05) is 11.1 Å². The molecule has 3 N–H and O–H groups in total. The zero-order chi connectivity index (χ0) is 22.1. The Morgan fingerprint density at radius 1 is 1.45 bits per heavy atom. The van der Waals surface area contributed by atoms with Gasteiger partial charge in [-0.3, -0.25) is 19.3 Å². The van der Waals surface area contributed by atoms with Crippen LogP contribution in [0.2, 0.25) is 0 Å². The molecule has 0 spiro atoms. The van der Waals surface area contributed by atoms with Crippen molar-refractivity contribution in [3.8, 4) is 0 Å². The Hall–Kier alpha value is -2.49. The molecule has 162 valence electrons. The summed E-state index contributed by atoms with van der Waals surface area (Å²) in [6.07, 6.45) is 0.514. The van der Waals surface area contributed by atoms with Gasteiger partial charge in [0.2, 0.25) is 12.3 Å². The molecule has 1 saturated heterocycles. The number of carbonyl (C=O) groups excluding carboxylic acids is 3. The standard InChI is InChI=1S/C16H14N6O5S4/c1-6-7(30-15(19-6)17-4-23)2-9(24)20-10-12(25)22-11(14(26)27)8(3-28-13(10)22)31-16-21-18-5-29-16/h4-5,10,13H,2-3H2,1H3,(H,20,24)(H,26,27)(H,17,19,23)/t10-,13+/m1/s1. The molecule has 2 atom stereocenters. The molecule has 0 unspecified atom stereocenters. The number of fused-ring (bicyclic) bond motifs is 1. The number of amides is 3. The second-order valence-electron chi connectivity index (χ2n) is 6.31. The van der Waals surface area contributed by atoms with E-state index in [4.69, 9.17) is 0 Å². The van der Waals surface area contributed by atoms with Gasteiger partial charge in [-0.2, -0.15) is 0 Å². The molecule has 0 saturated carbocycles. The number of aromatic nitrogens is 3. The number of nitrogens with one attached hydrogen (secondary N) is 2. The Kier molecular flexibility index (Phi) is 6.27. The molecule has 15 heteroatoms. The molecule has 11 nitrogen and oxygen atoms in total. The number of aryl methyl sites for hydroxylation is 1. The second-order valence-corrected chi connectivity index (χ2v) is 10.7. The van der Waals surface area contributed by atoms with E-state index < -0.39 is 23.3 Å². The fourth-order valence-corrected chi connectivity index (χ4v) is 7.09. The highest BCUT2D eigenvalue weighted by molar-refractivity contribution is 8.07. The molecule has 31 heavy (non-hydrogen) atoms. The number of carbonyl (C=O) groups is 4. The summed E-state index contributed by atoms with van der Waals surface area (Å²) in [6.45, 7) is 1.73. The highest BCUT2D eigenvalue weighted by atomic mass is 32.2. The molecule has 1 fully saturated rings. The average Bonchev–Trinajstić information content (AvgIpc) is 3.35. The first-order valence-electron chi connectivity index (χ1n) is 8.70. The van der Waals surface area contributed by atoms with Gasteiger partial charge in [0.1, 0.15) is 22.6 Å². The fourth-order valence-electron chi connectivity index (χ4n) is 3.06. The largest absolute Gasteiger partial charge is 0.477 e. The number of aliphatic carboxylic acids is 1.